The Labute approximate surface area is 108 Å². The maximum Gasteiger partial charge on any atom is 0.351 e. The molecule has 0 amide bonds. The zero-order chi connectivity index (χ0) is 13.5. The predicted octanol–water partition coefficient (Wildman–Crippen LogP) is -2.48. The van der Waals surface area contributed by atoms with Crippen LogP contribution in [0.5, 0.6) is 0 Å². The van der Waals surface area contributed by atoms with Crippen molar-refractivity contribution in [2.45, 2.75) is 0 Å². The highest BCUT2D eigenvalue weighted by Crippen LogP contribution is 2.18. The van der Waals surface area contributed by atoms with E-state index in [1.165, 1.54) is 0 Å². The lowest BCUT2D eigenvalue weighted by Crippen LogP contribution is -2.31. The second-order valence-electron chi connectivity index (χ2n) is 3.32. The first-order chi connectivity index (χ1) is 8.81. The molecule has 10 heteroatoms. The molecule has 0 atom stereocenters. The van der Waals surface area contributed by atoms with Crippen molar-refractivity contribution in [1.82, 2.24) is 21.6 Å². The molecule has 18 heavy (non-hydrogen) atoms. The van der Waals surface area contributed by atoms with Crippen molar-refractivity contribution in [3.8, 4) is 0 Å². The molecular formula is C8H25N6O3P. The van der Waals surface area contributed by atoms with Crippen molar-refractivity contribution in [3.05, 3.63) is 0 Å². The first-order valence-corrected chi connectivity index (χ1v) is 7.18. The predicted molar refractivity (Wildman–Crippen MR) is 71.0 cm³/mol. The monoisotopic (exact) mass is 284 g/mol. The SMILES string of the molecule is NCCNCCNO[PH](=O)ONCCNCCN. The molecule has 8 N–H and O–H groups in total. The van der Waals surface area contributed by atoms with E-state index in [2.05, 4.69) is 21.6 Å². The maximum atomic E-state index is 11.2. The number of rotatable bonds is 14. The fourth-order valence-corrected chi connectivity index (χ4v) is 1.46. The Morgan fingerprint density at radius 3 is 1.61 bits per heavy atom. The summed E-state index contributed by atoms with van der Waals surface area (Å²) in [4.78, 5) is 0. The van der Waals surface area contributed by atoms with Crippen LogP contribution in [0.25, 0.3) is 0 Å². The molecule has 0 aromatic rings. The zero-order valence-electron chi connectivity index (χ0n) is 10.5. The third-order valence-electron chi connectivity index (χ3n) is 1.76. The molecule has 0 fully saturated rings. The molecular weight excluding hydrogens is 259 g/mol. The Bertz CT molecular complexity index is 182. The number of nitrogens with one attached hydrogen (secondary N) is 4. The molecule has 0 aliphatic rings. The smallest absolute Gasteiger partial charge is 0.329 e. The Balaban J connectivity index is 3.12. The fourth-order valence-electron chi connectivity index (χ4n) is 0.974. The Kier molecular flexibility index (Phi) is 14.9. The largest absolute Gasteiger partial charge is 0.351 e. The molecule has 0 saturated carbocycles. The lowest BCUT2D eigenvalue weighted by molar-refractivity contribution is 0.119. The molecule has 0 aromatic carbocycles. The van der Waals surface area contributed by atoms with Gasteiger partial charge in [0.25, 0.3) is 0 Å². The molecule has 0 rings (SSSR count). The minimum Gasteiger partial charge on any atom is -0.329 e. The van der Waals surface area contributed by atoms with Gasteiger partial charge in [0.05, 0.1) is 0 Å². The third-order valence-corrected chi connectivity index (χ3v) is 2.38. The van der Waals surface area contributed by atoms with Gasteiger partial charge in [0, 0.05) is 52.4 Å². The van der Waals surface area contributed by atoms with Crippen LogP contribution in [-0.4, -0.2) is 52.4 Å². The number of hydroxylamine groups is 2. The lowest BCUT2D eigenvalue weighted by atomic mass is 10.6. The normalized spacial score (nSPS) is 11.3. The van der Waals surface area contributed by atoms with Crippen LogP contribution in [0.15, 0.2) is 0 Å². The van der Waals surface area contributed by atoms with Crippen LogP contribution < -0.4 is 33.1 Å². The molecule has 0 bridgehead atoms. The van der Waals surface area contributed by atoms with Crippen LogP contribution in [0.4, 0.5) is 0 Å². The maximum absolute atomic E-state index is 11.2. The standard InChI is InChI=1S/C8H25N6O3P/c9-1-3-11-5-7-13-16-18(15)17-14-8-6-12-4-2-10/h11-14,18H,1-10H2. The quantitative estimate of drug-likeness (QED) is 0.116. The van der Waals surface area contributed by atoms with Gasteiger partial charge < -0.3 is 22.1 Å². The van der Waals surface area contributed by atoms with Gasteiger partial charge in [-0.05, 0) is 0 Å². The van der Waals surface area contributed by atoms with Crippen molar-refractivity contribution in [1.29, 1.82) is 0 Å². The number of hydrogen-bond acceptors (Lipinski definition) is 9. The van der Waals surface area contributed by atoms with Crippen LogP contribution in [0.2, 0.25) is 0 Å². The summed E-state index contributed by atoms with van der Waals surface area (Å²) < 4.78 is 20.7. The average molecular weight is 284 g/mol. The Morgan fingerprint density at radius 2 is 1.22 bits per heavy atom. The third kappa shape index (κ3) is 14.0. The van der Waals surface area contributed by atoms with E-state index < -0.39 is 8.25 Å². The average Bonchev–Trinajstić information content (AvgIpc) is 2.38. The summed E-state index contributed by atoms with van der Waals surface area (Å²) in [5.74, 6) is 0. The van der Waals surface area contributed by atoms with Crippen molar-refractivity contribution in [3.63, 3.8) is 0 Å². The molecule has 0 unspecified atom stereocenters. The van der Waals surface area contributed by atoms with Gasteiger partial charge in [-0.3, -0.25) is 4.57 Å². The van der Waals surface area contributed by atoms with E-state index >= 15 is 0 Å². The van der Waals surface area contributed by atoms with Crippen molar-refractivity contribution >= 4 is 8.25 Å². The fraction of sp³-hybridized carbons (Fsp3) is 1.00. The van der Waals surface area contributed by atoms with E-state index in [4.69, 9.17) is 20.7 Å². The first-order valence-electron chi connectivity index (χ1n) is 5.96. The van der Waals surface area contributed by atoms with Gasteiger partial charge in [-0.15, -0.1) is 0 Å². The second kappa shape index (κ2) is 15.0. The van der Waals surface area contributed by atoms with E-state index in [9.17, 15) is 4.57 Å². The van der Waals surface area contributed by atoms with Crippen LogP contribution in [-0.2, 0) is 13.8 Å². The van der Waals surface area contributed by atoms with Gasteiger partial charge in [-0.25, -0.2) is 9.25 Å². The highest BCUT2D eigenvalue weighted by Gasteiger charge is 1.98. The first kappa shape index (κ1) is 17.9. The molecule has 0 saturated heterocycles. The van der Waals surface area contributed by atoms with E-state index in [0.717, 1.165) is 13.1 Å². The minimum absolute atomic E-state index is 0.526. The van der Waals surface area contributed by atoms with Crippen LogP contribution >= 0.6 is 8.25 Å². The van der Waals surface area contributed by atoms with Crippen molar-refractivity contribution in [2.24, 2.45) is 11.5 Å². The van der Waals surface area contributed by atoms with E-state index in [1.807, 2.05) is 0 Å². The van der Waals surface area contributed by atoms with Gasteiger partial charge in [-0.1, -0.05) is 0 Å². The minimum atomic E-state index is -2.55. The highest BCUT2D eigenvalue weighted by atomic mass is 31.1. The Hall–Kier alpha value is -0.0900. The lowest BCUT2D eigenvalue weighted by Gasteiger charge is -2.08. The van der Waals surface area contributed by atoms with Gasteiger partial charge in [0.1, 0.15) is 0 Å². The summed E-state index contributed by atoms with van der Waals surface area (Å²) in [5.41, 5.74) is 15.7. The van der Waals surface area contributed by atoms with Gasteiger partial charge in [-0.2, -0.15) is 11.0 Å². The summed E-state index contributed by atoms with van der Waals surface area (Å²) in [5, 5.41) is 6.10. The van der Waals surface area contributed by atoms with E-state index in [0.29, 0.717) is 39.3 Å². The molecule has 0 radical (unpaired) electrons. The van der Waals surface area contributed by atoms with Gasteiger partial charge >= 0.3 is 8.25 Å². The molecule has 0 heterocycles. The van der Waals surface area contributed by atoms with Crippen LogP contribution in [0.1, 0.15) is 0 Å². The molecule has 0 aromatic heterocycles. The molecule has 9 nitrogen and oxygen atoms in total. The summed E-state index contributed by atoms with van der Waals surface area (Å²) >= 11 is 0. The van der Waals surface area contributed by atoms with E-state index in [-0.39, 0.29) is 0 Å². The van der Waals surface area contributed by atoms with Crippen molar-refractivity contribution in [2.75, 3.05) is 52.4 Å². The summed E-state index contributed by atoms with van der Waals surface area (Å²) in [6, 6.07) is 0. The van der Waals surface area contributed by atoms with Crippen LogP contribution in [0, 0.1) is 0 Å². The Morgan fingerprint density at radius 1 is 0.778 bits per heavy atom. The number of hydrogen-bond donors (Lipinski definition) is 6. The second-order valence-corrected chi connectivity index (χ2v) is 4.23. The van der Waals surface area contributed by atoms with Crippen LogP contribution in [0.3, 0.4) is 0 Å². The van der Waals surface area contributed by atoms with Gasteiger partial charge in [0.2, 0.25) is 0 Å². The summed E-state index contributed by atoms with van der Waals surface area (Å²) in [7, 11) is -2.55. The highest BCUT2D eigenvalue weighted by molar-refractivity contribution is 7.33. The summed E-state index contributed by atoms with van der Waals surface area (Å²) in [6.07, 6.45) is 0. The zero-order valence-corrected chi connectivity index (χ0v) is 11.5. The van der Waals surface area contributed by atoms with Gasteiger partial charge in [0.15, 0.2) is 0 Å². The van der Waals surface area contributed by atoms with Crippen molar-refractivity contribution < 1.29 is 13.8 Å². The summed E-state index contributed by atoms with van der Waals surface area (Å²) in [6.45, 7) is 5.07. The molecule has 0 aliphatic carbocycles. The van der Waals surface area contributed by atoms with E-state index in [1.54, 1.807) is 0 Å². The molecule has 110 valence electrons. The number of nitrogens with two attached hydrogens (primary N) is 2. The molecule has 0 aliphatic heterocycles. The molecule has 0 spiro atoms. The topological polar surface area (TPSA) is 136 Å².